The van der Waals surface area contributed by atoms with Crippen molar-refractivity contribution in [3.05, 3.63) is 23.8 Å². The highest BCUT2D eigenvalue weighted by Crippen LogP contribution is 2.21. The second-order valence-corrected chi connectivity index (χ2v) is 5.51. The van der Waals surface area contributed by atoms with Gasteiger partial charge >= 0.3 is 0 Å². The molecule has 0 radical (unpaired) electrons. The fourth-order valence-corrected chi connectivity index (χ4v) is 2.93. The van der Waals surface area contributed by atoms with Gasteiger partial charge in [-0.25, -0.2) is 4.63 Å². The number of alkyl halides is 1. The normalized spacial score (nSPS) is 19.5. The Balaban J connectivity index is 1.69. The summed E-state index contributed by atoms with van der Waals surface area (Å²) in [5, 5.41) is 8.63. The van der Waals surface area contributed by atoms with Crippen molar-refractivity contribution in [3.8, 4) is 0 Å². The molecule has 1 fully saturated rings. The number of halogens is 1. The van der Waals surface area contributed by atoms with Gasteiger partial charge in [0.15, 0.2) is 0 Å². The van der Waals surface area contributed by atoms with E-state index < -0.39 is 0 Å². The number of hydrogen-bond donors (Lipinski definition) is 0. The molecule has 100 valence electrons. The van der Waals surface area contributed by atoms with E-state index in [2.05, 4.69) is 26.2 Å². The highest BCUT2D eigenvalue weighted by molar-refractivity contribution is 9.09. The molecule has 1 aromatic carbocycles. The minimum atomic E-state index is 0.245. The van der Waals surface area contributed by atoms with Gasteiger partial charge < -0.3 is 4.90 Å². The molecule has 0 bridgehead atoms. The Hall–Kier alpha value is -1.43. The Bertz CT molecular complexity index is 598. The summed E-state index contributed by atoms with van der Waals surface area (Å²) in [4.78, 5) is 13.8. The smallest absolute Gasteiger partial charge is 0.222 e. The van der Waals surface area contributed by atoms with Gasteiger partial charge in [0.05, 0.1) is 0 Å². The molecule has 6 heteroatoms. The lowest BCUT2D eigenvalue weighted by Crippen LogP contribution is -2.27. The standard InChI is InChI=1S/C13H14BrN3O2/c14-7-9-6-12(18)17(8-9)5-4-10-2-1-3-11-13(10)16-19-15-11/h1-3,9H,4-8H2. The van der Waals surface area contributed by atoms with Gasteiger partial charge in [-0.3, -0.25) is 4.79 Å². The Morgan fingerprint density at radius 1 is 1.42 bits per heavy atom. The molecule has 0 spiro atoms. The number of likely N-dealkylation sites (tertiary alicyclic amines) is 1. The van der Waals surface area contributed by atoms with Crippen LogP contribution in [0.1, 0.15) is 12.0 Å². The molecule has 1 aliphatic heterocycles. The first-order chi connectivity index (χ1) is 9.28. The molecule has 1 amide bonds. The number of carbonyl (C=O) groups excluding carboxylic acids is 1. The van der Waals surface area contributed by atoms with Crippen molar-refractivity contribution in [2.24, 2.45) is 5.92 Å². The van der Waals surface area contributed by atoms with E-state index in [-0.39, 0.29) is 5.91 Å². The Morgan fingerprint density at radius 3 is 3.11 bits per heavy atom. The third-order valence-corrected chi connectivity index (χ3v) is 4.45. The second kappa shape index (κ2) is 5.28. The fourth-order valence-electron chi connectivity index (χ4n) is 2.49. The van der Waals surface area contributed by atoms with Crippen LogP contribution in [-0.2, 0) is 11.2 Å². The van der Waals surface area contributed by atoms with Crippen LogP contribution < -0.4 is 0 Å². The van der Waals surface area contributed by atoms with Gasteiger partial charge in [0, 0.05) is 24.8 Å². The van der Waals surface area contributed by atoms with Crippen LogP contribution in [0.25, 0.3) is 11.0 Å². The SMILES string of the molecule is O=C1CC(CBr)CN1CCc1cccc2nonc12. The molecule has 1 saturated heterocycles. The van der Waals surface area contributed by atoms with Crippen LogP contribution in [0.15, 0.2) is 22.8 Å². The number of aromatic nitrogens is 2. The zero-order valence-electron chi connectivity index (χ0n) is 10.4. The summed E-state index contributed by atoms with van der Waals surface area (Å²) in [6, 6.07) is 5.82. The summed E-state index contributed by atoms with van der Waals surface area (Å²) in [6.07, 6.45) is 1.44. The van der Waals surface area contributed by atoms with Gasteiger partial charge in [0.1, 0.15) is 11.0 Å². The number of carbonyl (C=O) groups is 1. The van der Waals surface area contributed by atoms with Gasteiger partial charge in [0.2, 0.25) is 5.91 Å². The topological polar surface area (TPSA) is 59.2 Å². The zero-order valence-corrected chi connectivity index (χ0v) is 12.0. The molecular weight excluding hydrogens is 310 g/mol. The Kier molecular flexibility index (Phi) is 3.50. The molecule has 0 aliphatic carbocycles. The predicted molar refractivity (Wildman–Crippen MR) is 74.0 cm³/mol. The van der Waals surface area contributed by atoms with E-state index in [9.17, 15) is 4.79 Å². The second-order valence-electron chi connectivity index (χ2n) is 4.86. The van der Waals surface area contributed by atoms with Gasteiger partial charge in [0.25, 0.3) is 0 Å². The summed E-state index contributed by atoms with van der Waals surface area (Å²) in [5.74, 6) is 0.687. The molecule has 3 rings (SSSR count). The molecule has 1 unspecified atom stereocenters. The molecule has 1 atom stereocenters. The minimum Gasteiger partial charge on any atom is -0.342 e. The van der Waals surface area contributed by atoms with Gasteiger partial charge in [-0.15, -0.1) is 0 Å². The quantitative estimate of drug-likeness (QED) is 0.807. The van der Waals surface area contributed by atoms with Crippen LogP contribution in [0.3, 0.4) is 0 Å². The molecule has 1 aliphatic rings. The van der Waals surface area contributed by atoms with E-state index in [0.29, 0.717) is 12.3 Å². The van der Waals surface area contributed by atoms with Crippen molar-refractivity contribution in [3.63, 3.8) is 0 Å². The fraction of sp³-hybridized carbons (Fsp3) is 0.462. The third-order valence-electron chi connectivity index (χ3n) is 3.53. The van der Waals surface area contributed by atoms with Crippen LogP contribution in [0.5, 0.6) is 0 Å². The Labute approximate surface area is 119 Å². The summed E-state index contributed by atoms with van der Waals surface area (Å²) in [6.45, 7) is 1.57. The van der Waals surface area contributed by atoms with Crippen molar-refractivity contribution in [2.45, 2.75) is 12.8 Å². The summed E-state index contributed by atoms with van der Waals surface area (Å²) in [7, 11) is 0. The van der Waals surface area contributed by atoms with Crippen LogP contribution in [-0.4, -0.2) is 39.5 Å². The number of rotatable bonds is 4. The lowest BCUT2D eigenvalue weighted by atomic mass is 10.1. The van der Waals surface area contributed by atoms with Crippen LogP contribution in [0.4, 0.5) is 0 Å². The van der Waals surface area contributed by atoms with Crippen molar-refractivity contribution >= 4 is 32.9 Å². The van der Waals surface area contributed by atoms with E-state index in [1.807, 2.05) is 23.1 Å². The first-order valence-corrected chi connectivity index (χ1v) is 7.44. The Morgan fingerprint density at radius 2 is 2.32 bits per heavy atom. The zero-order chi connectivity index (χ0) is 13.2. The largest absolute Gasteiger partial charge is 0.342 e. The van der Waals surface area contributed by atoms with E-state index in [4.69, 9.17) is 4.63 Å². The molecule has 1 aromatic heterocycles. The maximum absolute atomic E-state index is 11.8. The van der Waals surface area contributed by atoms with E-state index in [0.717, 1.165) is 41.4 Å². The average molecular weight is 324 g/mol. The first-order valence-electron chi connectivity index (χ1n) is 6.32. The van der Waals surface area contributed by atoms with E-state index in [1.54, 1.807) is 0 Å². The van der Waals surface area contributed by atoms with Gasteiger partial charge in [-0.2, -0.15) is 0 Å². The molecular formula is C13H14BrN3O2. The molecule has 5 nitrogen and oxygen atoms in total. The van der Waals surface area contributed by atoms with Crippen molar-refractivity contribution in [1.29, 1.82) is 0 Å². The molecule has 0 saturated carbocycles. The number of amides is 1. The summed E-state index contributed by atoms with van der Waals surface area (Å²) >= 11 is 3.44. The maximum Gasteiger partial charge on any atom is 0.222 e. The van der Waals surface area contributed by atoms with E-state index in [1.165, 1.54) is 0 Å². The predicted octanol–water partition coefficient (Wildman–Crippen LogP) is 2.01. The lowest BCUT2D eigenvalue weighted by molar-refractivity contribution is -0.127. The molecule has 2 aromatic rings. The monoisotopic (exact) mass is 323 g/mol. The highest BCUT2D eigenvalue weighted by Gasteiger charge is 2.28. The highest BCUT2D eigenvalue weighted by atomic mass is 79.9. The lowest BCUT2D eigenvalue weighted by Gasteiger charge is -2.16. The number of nitrogens with zero attached hydrogens (tertiary/aromatic N) is 3. The van der Waals surface area contributed by atoms with Crippen molar-refractivity contribution in [2.75, 3.05) is 18.4 Å². The van der Waals surface area contributed by atoms with Crippen LogP contribution in [0, 0.1) is 5.92 Å². The third kappa shape index (κ3) is 2.49. The number of benzene rings is 1. The van der Waals surface area contributed by atoms with Gasteiger partial charge in [-0.05, 0) is 34.3 Å². The summed E-state index contributed by atoms with van der Waals surface area (Å²) in [5.41, 5.74) is 2.64. The molecule has 0 N–H and O–H groups in total. The molecule has 2 heterocycles. The average Bonchev–Trinajstić information content (AvgIpc) is 3.02. The minimum absolute atomic E-state index is 0.245. The van der Waals surface area contributed by atoms with E-state index >= 15 is 0 Å². The number of hydrogen-bond acceptors (Lipinski definition) is 4. The number of fused-ring (bicyclic) bond motifs is 1. The van der Waals surface area contributed by atoms with Crippen molar-refractivity contribution in [1.82, 2.24) is 15.2 Å². The van der Waals surface area contributed by atoms with Crippen molar-refractivity contribution < 1.29 is 9.42 Å². The summed E-state index contributed by atoms with van der Waals surface area (Å²) < 4.78 is 4.75. The molecule has 19 heavy (non-hydrogen) atoms. The van der Waals surface area contributed by atoms with Gasteiger partial charge in [-0.1, -0.05) is 28.1 Å². The first kappa shape index (κ1) is 12.6. The van der Waals surface area contributed by atoms with Crippen LogP contribution >= 0.6 is 15.9 Å². The van der Waals surface area contributed by atoms with Crippen LogP contribution in [0.2, 0.25) is 0 Å². The maximum atomic E-state index is 11.8.